The standard InChI is InChI=1S/C34H22.3C32H18/c1-19-17-22-16-15-20(2)28-30(22)27(18-19)33-29(21-9-4-3-5-10-21)26-14-8-13-24-23-11-6-7-12-25(23)32(31(24)26)34(28)33;1-2-8-19(9-3-1)22-13-7-16-24-23-14-6-12-21-18-27-25-15-4-10-20-11-5-17-26(28(20)25)31(27)32(29(21)23)30(22)24;1-2-9-20(10-3-1)28-26-18-8-15-22-21-13-4-5-14-23(21)30(29(22)26)32-25-17-7-12-19-11-6-16-24(27(19)25)31(28)32;1-2-8-19(9-3-1)21-16-17-26-28-18-20-10-6-13-24-22-11-4-5-12-25(22)32(29(20)24)31(28)27-15-7-14-23(21)30(26)27/h3-18H,1-2H3;3*1-18H. The lowest BCUT2D eigenvalue weighted by atomic mass is 9.90. The maximum Gasteiger partial charge on any atom is -0.000160 e. The molecule has 0 spiro atoms. The molecule has 0 saturated carbocycles. The molecule has 0 aliphatic heterocycles. The maximum absolute atomic E-state index is 2.42. The lowest BCUT2D eigenvalue weighted by Gasteiger charge is -2.12. The Bertz CT molecular complexity index is 10300. The number of aryl methyl sites for hydroxylation is 2. The van der Waals surface area contributed by atoms with Gasteiger partial charge in [0, 0.05) is 0 Å². The topological polar surface area (TPSA) is 0 Å². The largest absolute Gasteiger partial charge is 0.0622 e. The first kappa shape index (κ1) is 71.6. The van der Waals surface area contributed by atoms with Crippen LogP contribution in [0.5, 0.6) is 0 Å². The molecule has 0 aromatic heterocycles. The van der Waals surface area contributed by atoms with E-state index in [2.05, 4.69) is 438 Å². The Balaban J connectivity index is 0.0000000854. The van der Waals surface area contributed by atoms with E-state index in [1.807, 2.05) is 0 Å². The molecule has 0 aliphatic carbocycles. The van der Waals surface area contributed by atoms with E-state index in [9.17, 15) is 0 Å². The molecule has 0 bridgehead atoms. The van der Waals surface area contributed by atoms with Crippen molar-refractivity contribution in [3.05, 3.63) is 436 Å². The van der Waals surface area contributed by atoms with Gasteiger partial charge >= 0.3 is 0 Å². The lowest BCUT2D eigenvalue weighted by molar-refractivity contribution is 1.52. The minimum absolute atomic E-state index is 1.27. The molecule has 0 heteroatoms. The summed E-state index contributed by atoms with van der Waals surface area (Å²) in [5.74, 6) is 0. The van der Waals surface area contributed by atoms with Crippen LogP contribution >= 0.6 is 0 Å². The van der Waals surface area contributed by atoms with Gasteiger partial charge in [-0.15, -0.1) is 0 Å². The second-order valence-corrected chi connectivity index (χ2v) is 36.4. The van der Waals surface area contributed by atoms with E-state index < -0.39 is 0 Å². The molecule has 32 aromatic carbocycles. The average Bonchev–Trinajstić information content (AvgIpc) is 1.54. The minimum Gasteiger partial charge on any atom is -0.0622 e. The normalized spacial score (nSPS) is 12.4. The molecule has 32 rings (SSSR count). The Morgan fingerprint density at radius 1 is 0.115 bits per heavy atom. The van der Waals surface area contributed by atoms with Gasteiger partial charge in [0.2, 0.25) is 0 Å². The van der Waals surface area contributed by atoms with Gasteiger partial charge in [0.1, 0.15) is 0 Å². The summed E-state index contributed by atoms with van der Waals surface area (Å²) in [6, 6.07) is 157. The van der Waals surface area contributed by atoms with Gasteiger partial charge in [-0.3, -0.25) is 0 Å². The van der Waals surface area contributed by atoms with E-state index in [1.165, 1.54) is 314 Å². The molecular weight excluding hydrogens is 1560 g/mol. The molecule has 0 N–H and O–H groups in total. The van der Waals surface area contributed by atoms with Crippen LogP contribution in [-0.2, 0) is 0 Å². The highest BCUT2D eigenvalue weighted by Crippen LogP contribution is 2.59. The first-order valence-electron chi connectivity index (χ1n) is 45.7. The predicted molar refractivity (Wildman–Crippen MR) is 567 cm³/mol. The number of rotatable bonds is 4. The number of hydrogen-bond acceptors (Lipinski definition) is 0. The zero-order valence-corrected chi connectivity index (χ0v) is 71.4. The highest BCUT2D eigenvalue weighted by Gasteiger charge is 2.30. The van der Waals surface area contributed by atoms with E-state index >= 15 is 0 Å². The third kappa shape index (κ3) is 9.68. The van der Waals surface area contributed by atoms with Gasteiger partial charge in [0.15, 0.2) is 0 Å². The molecule has 0 heterocycles. The highest BCUT2D eigenvalue weighted by molar-refractivity contribution is 6.52. The van der Waals surface area contributed by atoms with Crippen molar-refractivity contribution in [2.45, 2.75) is 13.8 Å². The third-order valence-corrected chi connectivity index (χ3v) is 29.9. The molecule has 0 nitrogen and oxygen atoms in total. The molecule has 0 fully saturated rings. The fourth-order valence-electron chi connectivity index (χ4n) is 25.0. The molecule has 596 valence electrons. The average molecular weight is 1640 g/mol. The van der Waals surface area contributed by atoms with Crippen molar-refractivity contribution in [2.24, 2.45) is 0 Å². The summed E-state index contributed by atoms with van der Waals surface area (Å²) < 4.78 is 0. The minimum atomic E-state index is 1.27. The van der Waals surface area contributed by atoms with E-state index in [1.54, 1.807) is 0 Å². The lowest BCUT2D eigenvalue weighted by Crippen LogP contribution is -1.85. The summed E-state index contributed by atoms with van der Waals surface area (Å²) in [6.45, 7) is 4.50. The van der Waals surface area contributed by atoms with Gasteiger partial charge in [-0.05, 0) is 340 Å². The molecule has 130 heavy (non-hydrogen) atoms. The summed E-state index contributed by atoms with van der Waals surface area (Å²) >= 11 is 0. The molecule has 0 unspecified atom stereocenters. The molecule has 0 aliphatic rings. The molecular formula is C130H76. The molecule has 0 atom stereocenters. The summed E-state index contributed by atoms with van der Waals surface area (Å²) in [4.78, 5) is 0. The molecule has 32 aromatic rings. The summed E-state index contributed by atoms with van der Waals surface area (Å²) in [5.41, 5.74) is 13.1. The first-order valence-corrected chi connectivity index (χ1v) is 45.7. The van der Waals surface area contributed by atoms with E-state index in [0.717, 1.165) is 0 Å². The Kier molecular flexibility index (Phi) is 14.9. The van der Waals surface area contributed by atoms with Crippen LogP contribution in [0.3, 0.4) is 0 Å². The van der Waals surface area contributed by atoms with Crippen LogP contribution in [0.15, 0.2) is 425 Å². The number of fused-ring (bicyclic) bond motifs is 28. The van der Waals surface area contributed by atoms with Gasteiger partial charge in [0.05, 0.1) is 0 Å². The zero-order valence-electron chi connectivity index (χ0n) is 71.4. The van der Waals surface area contributed by atoms with Crippen molar-refractivity contribution < 1.29 is 0 Å². The van der Waals surface area contributed by atoms with E-state index in [-0.39, 0.29) is 0 Å². The smallest absolute Gasteiger partial charge is 0.000160 e. The predicted octanol–water partition coefficient (Wildman–Crippen LogP) is 37.2. The zero-order chi connectivity index (χ0) is 85.0. The first-order chi connectivity index (χ1) is 64.4. The second-order valence-electron chi connectivity index (χ2n) is 36.4. The van der Waals surface area contributed by atoms with Crippen LogP contribution in [-0.4, -0.2) is 0 Å². The monoisotopic (exact) mass is 1640 g/mol. The number of benzene rings is 24. The second kappa shape index (κ2) is 27.0. The van der Waals surface area contributed by atoms with Crippen molar-refractivity contribution in [3.8, 4) is 44.5 Å². The van der Waals surface area contributed by atoms with Crippen molar-refractivity contribution in [3.63, 3.8) is 0 Å². The van der Waals surface area contributed by atoms with Crippen molar-refractivity contribution in [1.82, 2.24) is 0 Å². The van der Waals surface area contributed by atoms with Crippen LogP contribution in [0, 0.1) is 13.8 Å². The summed E-state index contributed by atoms with van der Waals surface area (Å²) in [7, 11) is 0. The Hall–Kier alpha value is -16.6. The molecule has 0 radical (unpaired) electrons. The Morgan fingerprint density at radius 3 is 0.954 bits per heavy atom. The summed E-state index contributed by atoms with van der Waals surface area (Å²) in [5, 5.41) is 66.0. The van der Waals surface area contributed by atoms with Crippen LogP contribution in [0.25, 0.3) is 303 Å². The molecule has 0 saturated heterocycles. The quantitative estimate of drug-likeness (QED) is 0.165. The van der Waals surface area contributed by atoms with Crippen molar-refractivity contribution in [1.29, 1.82) is 0 Å². The van der Waals surface area contributed by atoms with E-state index in [0.29, 0.717) is 0 Å². The van der Waals surface area contributed by atoms with Gasteiger partial charge in [0.25, 0.3) is 0 Å². The van der Waals surface area contributed by atoms with Crippen molar-refractivity contribution >= 4 is 259 Å². The Morgan fingerprint density at radius 2 is 0.415 bits per heavy atom. The fraction of sp³-hybridized carbons (Fsp3) is 0.0154. The van der Waals surface area contributed by atoms with Crippen LogP contribution < -0.4 is 0 Å². The fourth-order valence-corrected chi connectivity index (χ4v) is 25.0. The van der Waals surface area contributed by atoms with Crippen LogP contribution in [0.2, 0.25) is 0 Å². The van der Waals surface area contributed by atoms with Gasteiger partial charge < -0.3 is 0 Å². The van der Waals surface area contributed by atoms with Crippen LogP contribution in [0.4, 0.5) is 0 Å². The SMILES string of the molecule is Cc1cc2ccc(C)c3c2c(c1)c1c(-c2ccccc2)c2cccc4c5ccccc5c(c24)c13.c1ccc(-c2c3cccc4c5ccccc5c(c34)c3c4cccc5cccc(c23)c54)cc1.c1ccc(-c2ccc3c4cc5cccc6c7ccccc7c(c56)c4c4cccc2c34)cc1.c1ccc(-c2cccc3c4cccc5cc6c7cccc8cccc(c87)c6c(c23)c54)cc1. The van der Waals surface area contributed by atoms with E-state index in [4.69, 9.17) is 0 Å². The van der Waals surface area contributed by atoms with Crippen molar-refractivity contribution in [2.75, 3.05) is 0 Å². The highest BCUT2D eigenvalue weighted by atomic mass is 14.3. The molecule has 0 amide bonds. The number of hydrogen-bond donors (Lipinski definition) is 0. The van der Waals surface area contributed by atoms with Gasteiger partial charge in [-0.25, -0.2) is 0 Å². The van der Waals surface area contributed by atoms with Gasteiger partial charge in [-0.2, -0.15) is 0 Å². The Labute approximate surface area is 747 Å². The van der Waals surface area contributed by atoms with Gasteiger partial charge in [-0.1, -0.05) is 413 Å². The maximum atomic E-state index is 2.42. The van der Waals surface area contributed by atoms with Crippen LogP contribution in [0.1, 0.15) is 11.1 Å². The third-order valence-electron chi connectivity index (χ3n) is 29.9. The summed E-state index contributed by atoms with van der Waals surface area (Å²) in [6.07, 6.45) is 0.